The maximum atomic E-state index is 12.7. The van der Waals surface area contributed by atoms with Crippen LogP contribution in [0.5, 0.6) is 0 Å². The average Bonchev–Trinajstić information content (AvgIpc) is 2.25. The van der Waals surface area contributed by atoms with Gasteiger partial charge in [0.05, 0.1) is 11.1 Å². The maximum Gasteiger partial charge on any atom is 0.419 e. The highest BCUT2D eigenvalue weighted by atomic mass is 35.5. The molecule has 0 atom stereocenters. The summed E-state index contributed by atoms with van der Waals surface area (Å²) in [4.78, 5) is 14.0. The summed E-state index contributed by atoms with van der Waals surface area (Å²) in [5.41, 5.74) is 0.337. The maximum absolute atomic E-state index is 12.7. The van der Waals surface area contributed by atoms with Crippen LogP contribution in [0, 0.1) is 0 Å². The van der Waals surface area contributed by atoms with Crippen molar-refractivity contribution in [2.24, 2.45) is 5.73 Å². The first-order chi connectivity index (χ1) is 8.20. The second-order valence-electron chi connectivity index (χ2n) is 3.19. The van der Waals surface area contributed by atoms with Gasteiger partial charge in [-0.2, -0.15) is 13.2 Å². The molecule has 3 nitrogen and oxygen atoms in total. The SMILES string of the molecule is NCc1cnc(C(F)F)c(C(F)(F)F)c1C(=O)Cl. The highest BCUT2D eigenvalue weighted by Gasteiger charge is 2.41. The molecule has 9 heteroatoms. The first kappa shape index (κ1) is 14.8. The quantitative estimate of drug-likeness (QED) is 0.687. The minimum absolute atomic E-state index is 0.341. The number of alkyl halides is 5. The molecule has 0 aliphatic carbocycles. The van der Waals surface area contributed by atoms with Crippen molar-refractivity contribution >= 4 is 16.8 Å². The lowest BCUT2D eigenvalue weighted by atomic mass is 10.0. The summed E-state index contributed by atoms with van der Waals surface area (Å²) in [6, 6.07) is 0. The molecule has 1 heterocycles. The van der Waals surface area contributed by atoms with Crippen molar-refractivity contribution in [3.05, 3.63) is 28.6 Å². The standard InChI is InChI=1S/C9H6ClF5N2O/c10-7(18)4-3(1-16)2-17-6(8(11)12)5(4)9(13,14)15/h2,8H,1,16H2. The molecule has 0 aromatic carbocycles. The molecule has 0 unspecified atom stereocenters. The molecule has 1 aromatic rings. The number of pyridine rings is 1. The number of nitrogens with zero attached hydrogens (tertiary/aromatic N) is 1. The lowest BCUT2D eigenvalue weighted by Crippen LogP contribution is -2.19. The molecule has 0 spiro atoms. The molecule has 0 radical (unpaired) electrons. The van der Waals surface area contributed by atoms with E-state index >= 15 is 0 Å². The van der Waals surface area contributed by atoms with Crippen LogP contribution >= 0.6 is 11.6 Å². The Hall–Kier alpha value is -1.28. The normalized spacial score (nSPS) is 12.0. The summed E-state index contributed by atoms with van der Waals surface area (Å²) in [7, 11) is 0. The monoisotopic (exact) mass is 288 g/mol. The van der Waals surface area contributed by atoms with Crippen LogP contribution < -0.4 is 5.73 Å². The van der Waals surface area contributed by atoms with Crippen molar-refractivity contribution in [1.82, 2.24) is 4.98 Å². The summed E-state index contributed by atoms with van der Waals surface area (Å²) in [5, 5.41) is -1.51. The van der Waals surface area contributed by atoms with Crippen molar-refractivity contribution in [2.45, 2.75) is 19.1 Å². The van der Waals surface area contributed by atoms with Crippen LogP contribution in [0.1, 0.15) is 33.6 Å². The topological polar surface area (TPSA) is 56.0 Å². The first-order valence-corrected chi connectivity index (χ1v) is 4.85. The van der Waals surface area contributed by atoms with Crippen LogP contribution in [0.2, 0.25) is 0 Å². The number of rotatable bonds is 3. The molecule has 0 amide bonds. The zero-order valence-electron chi connectivity index (χ0n) is 8.56. The van der Waals surface area contributed by atoms with E-state index in [0.717, 1.165) is 0 Å². The summed E-state index contributed by atoms with van der Waals surface area (Å²) in [5.74, 6) is 0. The Morgan fingerprint density at radius 1 is 1.44 bits per heavy atom. The van der Waals surface area contributed by atoms with E-state index in [4.69, 9.17) is 17.3 Å². The third-order valence-corrected chi connectivity index (χ3v) is 2.28. The van der Waals surface area contributed by atoms with Gasteiger partial charge in [-0.15, -0.1) is 0 Å². The molecule has 0 saturated heterocycles. The molecule has 0 aliphatic rings. The summed E-state index contributed by atoms with van der Waals surface area (Å²) >= 11 is 5.01. The number of hydrogen-bond donors (Lipinski definition) is 1. The van der Waals surface area contributed by atoms with Crippen molar-refractivity contribution in [3.63, 3.8) is 0 Å². The van der Waals surface area contributed by atoms with E-state index in [0.29, 0.717) is 6.20 Å². The molecule has 0 bridgehead atoms. The van der Waals surface area contributed by atoms with E-state index < -0.39 is 41.2 Å². The number of halogens is 6. The predicted molar refractivity (Wildman–Crippen MR) is 52.3 cm³/mol. The smallest absolute Gasteiger partial charge is 0.326 e. The number of nitrogens with two attached hydrogens (primary N) is 1. The van der Waals surface area contributed by atoms with Crippen molar-refractivity contribution < 1.29 is 26.7 Å². The van der Waals surface area contributed by atoms with E-state index in [9.17, 15) is 26.7 Å². The second kappa shape index (κ2) is 5.15. The molecule has 0 saturated carbocycles. The zero-order valence-corrected chi connectivity index (χ0v) is 9.32. The van der Waals surface area contributed by atoms with Crippen LogP contribution in [-0.2, 0) is 12.7 Å². The third kappa shape index (κ3) is 2.75. The van der Waals surface area contributed by atoms with Crippen molar-refractivity contribution in [2.75, 3.05) is 0 Å². The summed E-state index contributed by atoms with van der Waals surface area (Å²) < 4.78 is 63.1. The fraction of sp³-hybridized carbons (Fsp3) is 0.333. The molecular weight excluding hydrogens is 283 g/mol. The van der Waals surface area contributed by atoms with Crippen LogP contribution in [0.25, 0.3) is 0 Å². The van der Waals surface area contributed by atoms with Crippen LogP contribution in [-0.4, -0.2) is 10.2 Å². The average molecular weight is 289 g/mol. The van der Waals surface area contributed by atoms with E-state index in [1.165, 1.54) is 0 Å². The van der Waals surface area contributed by atoms with Crippen LogP contribution in [0.15, 0.2) is 6.20 Å². The fourth-order valence-electron chi connectivity index (χ4n) is 1.40. The molecule has 0 fully saturated rings. The number of hydrogen-bond acceptors (Lipinski definition) is 3. The van der Waals surface area contributed by atoms with Crippen LogP contribution in [0.4, 0.5) is 22.0 Å². The van der Waals surface area contributed by atoms with Crippen LogP contribution in [0.3, 0.4) is 0 Å². The van der Waals surface area contributed by atoms with Gasteiger partial charge in [0, 0.05) is 12.7 Å². The lowest BCUT2D eigenvalue weighted by molar-refractivity contribution is -0.140. The Kier molecular flexibility index (Phi) is 4.23. The summed E-state index contributed by atoms with van der Waals surface area (Å²) in [6.07, 6.45) is -7.97. The third-order valence-electron chi connectivity index (χ3n) is 2.09. The molecule has 1 rings (SSSR count). The minimum Gasteiger partial charge on any atom is -0.326 e. The molecule has 1 aromatic heterocycles. The van der Waals surface area contributed by atoms with Gasteiger partial charge in [0.2, 0.25) is 0 Å². The second-order valence-corrected chi connectivity index (χ2v) is 3.54. The largest absolute Gasteiger partial charge is 0.419 e. The Morgan fingerprint density at radius 2 is 2.00 bits per heavy atom. The Bertz CT molecular complexity index is 475. The highest BCUT2D eigenvalue weighted by Crippen LogP contribution is 2.39. The fourth-order valence-corrected chi connectivity index (χ4v) is 1.61. The zero-order chi connectivity index (χ0) is 14.1. The van der Waals surface area contributed by atoms with E-state index in [2.05, 4.69) is 4.98 Å². The number of carbonyl (C=O) groups is 1. The number of aromatic nitrogens is 1. The molecular formula is C9H6ClF5N2O. The molecule has 2 N–H and O–H groups in total. The van der Waals surface area contributed by atoms with Gasteiger partial charge in [0.15, 0.2) is 0 Å². The van der Waals surface area contributed by atoms with Gasteiger partial charge in [0.25, 0.3) is 11.7 Å². The van der Waals surface area contributed by atoms with Gasteiger partial charge in [-0.3, -0.25) is 9.78 Å². The minimum atomic E-state index is -5.18. The first-order valence-electron chi connectivity index (χ1n) is 4.47. The number of carbonyl (C=O) groups excluding carboxylic acids is 1. The highest BCUT2D eigenvalue weighted by molar-refractivity contribution is 6.68. The van der Waals surface area contributed by atoms with Gasteiger partial charge in [-0.05, 0) is 17.2 Å². The Labute approximate surface area is 103 Å². The van der Waals surface area contributed by atoms with Gasteiger partial charge in [0.1, 0.15) is 5.69 Å². The molecule has 100 valence electrons. The van der Waals surface area contributed by atoms with E-state index in [1.807, 2.05) is 0 Å². The molecule has 18 heavy (non-hydrogen) atoms. The van der Waals surface area contributed by atoms with Gasteiger partial charge in [-0.1, -0.05) is 0 Å². The van der Waals surface area contributed by atoms with E-state index in [-0.39, 0.29) is 5.56 Å². The van der Waals surface area contributed by atoms with E-state index in [1.54, 1.807) is 0 Å². The van der Waals surface area contributed by atoms with Gasteiger partial charge < -0.3 is 5.73 Å². The summed E-state index contributed by atoms with van der Waals surface area (Å²) in [6.45, 7) is -0.479. The molecule has 0 aliphatic heterocycles. The van der Waals surface area contributed by atoms with Crippen molar-refractivity contribution in [1.29, 1.82) is 0 Å². The Balaban J connectivity index is 3.71. The van der Waals surface area contributed by atoms with Gasteiger partial charge in [-0.25, -0.2) is 8.78 Å². The lowest BCUT2D eigenvalue weighted by Gasteiger charge is -2.16. The predicted octanol–water partition coefficient (Wildman–Crippen LogP) is 2.88. The Morgan fingerprint density at radius 3 is 2.33 bits per heavy atom. The van der Waals surface area contributed by atoms with Gasteiger partial charge >= 0.3 is 6.18 Å². The van der Waals surface area contributed by atoms with Crippen molar-refractivity contribution in [3.8, 4) is 0 Å².